The van der Waals surface area contributed by atoms with Crippen molar-refractivity contribution in [2.45, 2.75) is 24.5 Å². The molecule has 0 aromatic carbocycles. The minimum absolute atomic E-state index is 0.754. The molecule has 5 heteroatoms. The normalized spacial score (nSPS) is 22.2. The highest BCUT2D eigenvalue weighted by atomic mass is 35.5. The van der Waals surface area contributed by atoms with Crippen molar-refractivity contribution in [1.29, 1.82) is 0 Å². The molecule has 14 heavy (non-hydrogen) atoms. The summed E-state index contributed by atoms with van der Waals surface area (Å²) in [6, 6.07) is 0. The molecule has 0 amide bonds. The van der Waals surface area contributed by atoms with Gasteiger partial charge in [-0.05, 0) is 18.6 Å². The molecule has 2 nitrogen and oxygen atoms in total. The molecule has 1 aromatic rings. The molecule has 0 spiro atoms. The topological polar surface area (TPSA) is 24.9 Å². The molecule has 78 valence electrons. The van der Waals surface area contributed by atoms with Gasteiger partial charge in [0, 0.05) is 11.8 Å². The van der Waals surface area contributed by atoms with Gasteiger partial charge in [0.1, 0.15) is 4.34 Å². The van der Waals surface area contributed by atoms with E-state index in [1.165, 1.54) is 36.4 Å². The highest BCUT2D eigenvalue weighted by molar-refractivity contribution is 7.99. The molecule has 2 heterocycles. The van der Waals surface area contributed by atoms with Crippen molar-refractivity contribution in [3.63, 3.8) is 0 Å². The zero-order chi connectivity index (χ0) is 9.80. The van der Waals surface area contributed by atoms with Gasteiger partial charge in [-0.1, -0.05) is 29.4 Å². The molecule has 2 rings (SSSR count). The van der Waals surface area contributed by atoms with E-state index in [1.807, 2.05) is 0 Å². The monoisotopic (exact) mass is 248 g/mol. The predicted molar refractivity (Wildman–Crippen MR) is 65.7 cm³/mol. The average Bonchev–Trinajstić information content (AvgIpc) is 2.63. The largest absolute Gasteiger partial charge is 0.360 e. The molecule has 1 saturated heterocycles. The van der Waals surface area contributed by atoms with E-state index in [0.717, 1.165) is 21.3 Å². The zero-order valence-corrected chi connectivity index (χ0v) is 10.2. The van der Waals surface area contributed by atoms with E-state index >= 15 is 0 Å². The summed E-state index contributed by atoms with van der Waals surface area (Å²) in [5, 5.41) is 5.04. The first-order chi connectivity index (χ1) is 6.84. The van der Waals surface area contributed by atoms with Gasteiger partial charge in [0.05, 0.1) is 6.20 Å². The Kier molecular flexibility index (Phi) is 3.96. The van der Waals surface area contributed by atoms with E-state index in [1.54, 1.807) is 6.20 Å². The quantitative estimate of drug-likeness (QED) is 0.887. The van der Waals surface area contributed by atoms with Crippen molar-refractivity contribution in [3.8, 4) is 0 Å². The van der Waals surface area contributed by atoms with Crippen LogP contribution in [0.4, 0.5) is 5.13 Å². The second-order valence-electron chi connectivity index (χ2n) is 3.34. The molecule has 1 fully saturated rings. The zero-order valence-electron chi connectivity index (χ0n) is 7.83. The number of hydrogen-bond donors (Lipinski definition) is 1. The third kappa shape index (κ3) is 3.04. The van der Waals surface area contributed by atoms with Crippen molar-refractivity contribution >= 4 is 39.8 Å². The van der Waals surface area contributed by atoms with Crippen molar-refractivity contribution in [1.82, 2.24) is 4.98 Å². The van der Waals surface area contributed by atoms with E-state index in [9.17, 15) is 0 Å². The van der Waals surface area contributed by atoms with Gasteiger partial charge in [-0.25, -0.2) is 4.98 Å². The maximum absolute atomic E-state index is 5.79. The van der Waals surface area contributed by atoms with E-state index < -0.39 is 0 Å². The molecule has 1 aliphatic heterocycles. The Hall–Kier alpha value is 0.0700. The van der Waals surface area contributed by atoms with Gasteiger partial charge < -0.3 is 5.32 Å². The molecule has 1 unspecified atom stereocenters. The molecule has 1 N–H and O–H groups in total. The summed E-state index contributed by atoms with van der Waals surface area (Å²) in [6.07, 6.45) is 5.78. The summed E-state index contributed by atoms with van der Waals surface area (Å²) in [6.45, 7) is 1.02. The van der Waals surface area contributed by atoms with Crippen LogP contribution in [0.1, 0.15) is 19.3 Å². The highest BCUT2D eigenvalue weighted by Crippen LogP contribution is 2.27. The number of hydrogen-bond acceptors (Lipinski definition) is 4. The fourth-order valence-corrected chi connectivity index (χ4v) is 3.56. The van der Waals surface area contributed by atoms with Gasteiger partial charge in [-0.3, -0.25) is 0 Å². The lowest BCUT2D eigenvalue weighted by molar-refractivity contribution is 0.677. The van der Waals surface area contributed by atoms with Crippen molar-refractivity contribution in [2.24, 2.45) is 0 Å². The maximum Gasteiger partial charge on any atom is 0.184 e. The number of halogens is 1. The van der Waals surface area contributed by atoms with Crippen LogP contribution in [0.15, 0.2) is 6.20 Å². The third-order valence-electron chi connectivity index (χ3n) is 2.23. The first-order valence-corrected chi connectivity index (χ1v) is 7.06. The number of anilines is 1. The van der Waals surface area contributed by atoms with Crippen molar-refractivity contribution < 1.29 is 0 Å². The Labute approximate surface area is 97.5 Å². The van der Waals surface area contributed by atoms with E-state index in [2.05, 4.69) is 22.1 Å². The number of aromatic nitrogens is 1. The summed E-state index contributed by atoms with van der Waals surface area (Å²) in [5.74, 6) is 1.31. The molecule has 0 radical (unpaired) electrons. The number of nitrogens with zero attached hydrogens (tertiary/aromatic N) is 1. The molecule has 1 atom stereocenters. The SMILES string of the molecule is Clc1cnc(NCC2CCCCS2)s1. The van der Waals surface area contributed by atoms with Gasteiger partial charge in [0.15, 0.2) is 5.13 Å². The first kappa shape index (κ1) is 10.6. The van der Waals surface area contributed by atoms with Crippen LogP contribution in [0.3, 0.4) is 0 Å². The molecule has 0 saturated carbocycles. The van der Waals surface area contributed by atoms with Gasteiger partial charge >= 0.3 is 0 Å². The van der Waals surface area contributed by atoms with Crippen LogP contribution in [-0.2, 0) is 0 Å². The summed E-state index contributed by atoms with van der Waals surface area (Å²) in [7, 11) is 0. The second-order valence-corrected chi connectivity index (χ2v) is 6.41. The Morgan fingerprint density at radius 3 is 3.14 bits per heavy atom. The number of rotatable bonds is 3. The Balaban J connectivity index is 1.76. The maximum atomic E-state index is 5.79. The molecular formula is C9H13ClN2S2. The van der Waals surface area contributed by atoms with E-state index in [-0.39, 0.29) is 0 Å². The summed E-state index contributed by atoms with van der Waals surface area (Å²) < 4.78 is 0.754. The van der Waals surface area contributed by atoms with Crippen LogP contribution >= 0.6 is 34.7 Å². The summed E-state index contributed by atoms with van der Waals surface area (Å²) >= 11 is 9.37. The van der Waals surface area contributed by atoms with Crippen molar-refractivity contribution in [2.75, 3.05) is 17.6 Å². The Morgan fingerprint density at radius 2 is 2.50 bits per heavy atom. The molecule has 0 bridgehead atoms. The minimum atomic E-state index is 0.754. The Morgan fingerprint density at radius 1 is 1.57 bits per heavy atom. The third-order valence-corrected chi connectivity index (χ3v) is 4.70. The van der Waals surface area contributed by atoms with E-state index in [4.69, 9.17) is 11.6 Å². The number of thioether (sulfide) groups is 1. The van der Waals surface area contributed by atoms with Gasteiger partial charge in [0.2, 0.25) is 0 Å². The van der Waals surface area contributed by atoms with Crippen LogP contribution < -0.4 is 5.32 Å². The predicted octanol–water partition coefficient (Wildman–Crippen LogP) is 3.49. The van der Waals surface area contributed by atoms with Crippen LogP contribution in [-0.4, -0.2) is 22.5 Å². The fraction of sp³-hybridized carbons (Fsp3) is 0.667. The van der Waals surface area contributed by atoms with E-state index in [0.29, 0.717) is 0 Å². The molecular weight excluding hydrogens is 236 g/mol. The average molecular weight is 249 g/mol. The standard InChI is InChI=1S/C9H13ClN2S2/c10-8-6-12-9(14-8)11-5-7-3-1-2-4-13-7/h6-7H,1-5H2,(H,11,12). The number of thiazole rings is 1. The lowest BCUT2D eigenvalue weighted by Gasteiger charge is -2.21. The number of nitrogens with one attached hydrogen (secondary N) is 1. The highest BCUT2D eigenvalue weighted by Gasteiger charge is 2.13. The summed E-state index contributed by atoms with van der Waals surface area (Å²) in [5.41, 5.74) is 0. The van der Waals surface area contributed by atoms with Crippen LogP contribution in [0.2, 0.25) is 4.34 Å². The van der Waals surface area contributed by atoms with Crippen LogP contribution in [0, 0.1) is 0 Å². The van der Waals surface area contributed by atoms with Gasteiger partial charge in [-0.2, -0.15) is 11.8 Å². The Bertz CT molecular complexity index is 284. The smallest absolute Gasteiger partial charge is 0.184 e. The van der Waals surface area contributed by atoms with Crippen molar-refractivity contribution in [3.05, 3.63) is 10.5 Å². The molecule has 1 aromatic heterocycles. The second kappa shape index (κ2) is 5.24. The first-order valence-electron chi connectivity index (χ1n) is 4.81. The minimum Gasteiger partial charge on any atom is -0.360 e. The fourth-order valence-electron chi connectivity index (χ4n) is 1.51. The summed E-state index contributed by atoms with van der Waals surface area (Å²) in [4.78, 5) is 4.17. The molecule has 1 aliphatic rings. The lowest BCUT2D eigenvalue weighted by atomic mass is 10.2. The lowest BCUT2D eigenvalue weighted by Crippen LogP contribution is -2.19. The van der Waals surface area contributed by atoms with Crippen LogP contribution in [0.5, 0.6) is 0 Å². The van der Waals surface area contributed by atoms with Gasteiger partial charge in [0.25, 0.3) is 0 Å². The molecule has 0 aliphatic carbocycles. The van der Waals surface area contributed by atoms with Crippen LogP contribution in [0.25, 0.3) is 0 Å². The van der Waals surface area contributed by atoms with Gasteiger partial charge in [-0.15, -0.1) is 0 Å².